The lowest BCUT2D eigenvalue weighted by Gasteiger charge is -2.26. The van der Waals surface area contributed by atoms with Crippen molar-refractivity contribution in [2.24, 2.45) is 0 Å². The Morgan fingerprint density at radius 3 is 2.68 bits per heavy atom. The molecule has 4 rings (SSSR count). The molecular formula is C26H30N4O3S. The SMILES string of the molecule is C=CCn1c(SC(C)C(=O)NC(C)CCc2ccccc2)nnc1C1COc2ccccc2O1. The number of aromatic nitrogens is 3. The molecule has 1 N–H and O–H groups in total. The number of fused-ring (bicyclic) bond motifs is 1. The van der Waals surface area contributed by atoms with Gasteiger partial charge in [0.15, 0.2) is 28.6 Å². The highest BCUT2D eigenvalue weighted by molar-refractivity contribution is 8.00. The molecule has 178 valence electrons. The average Bonchev–Trinajstić information content (AvgIpc) is 3.25. The second kappa shape index (κ2) is 11.2. The minimum absolute atomic E-state index is 0.0218. The van der Waals surface area contributed by atoms with Gasteiger partial charge < -0.3 is 14.8 Å². The molecule has 3 unspecified atom stereocenters. The van der Waals surface area contributed by atoms with E-state index < -0.39 is 0 Å². The Kier molecular flexibility index (Phi) is 7.90. The van der Waals surface area contributed by atoms with E-state index in [2.05, 4.69) is 34.2 Å². The number of nitrogens with one attached hydrogen (secondary N) is 1. The van der Waals surface area contributed by atoms with Gasteiger partial charge in [-0.3, -0.25) is 9.36 Å². The number of carbonyl (C=O) groups excluding carboxylic acids is 1. The van der Waals surface area contributed by atoms with Crippen LogP contribution in [0.15, 0.2) is 72.4 Å². The van der Waals surface area contributed by atoms with Crippen molar-refractivity contribution in [3.63, 3.8) is 0 Å². The van der Waals surface area contributed by atoms with Crippen molar-refractivity contribution >= 4 is 17.7 Å². The van der Waals surface area contributed by atoms with Gasteiger partial charge in [0.25, 0.3) is 0 Å². The molecule has 3 aromatic rings. The smallest absolute Gasteiger partial charge is 0.233 e. The number of hydrogen-bond acceptors (Lipinski definition) is 6. The third-order valence-corrected chi connectivity index (χ3v) is 6.68. The molecule has 1 aliphatic heterocycles. The molecule has 0 fully saturated rings. The van der Waals surface area contributed by atoms with Crippen LogP contribution in [-0.2, 0) is 17.8 Å². The van der Waals surface area contributed by atoms with Gasteiger partial charge in [0.2, 0.25) is 5.91 Å². The van der Waals surface area contributed by atoms with Gasteiger partial charge in [-0.2, -0.15) is 0 Å². The summed E-state index contributed by atoms with van der Waals surface area (Å²) in [6.45, 7) is 8.63. The molecule has 34 heavy (non-hydrogen) atoms. The maximum absolute atomic E-state index is 12.8. The molecule has 2 aromatic carbocycles. The molecular weight excluding hydrogens is 448 g/mol. The lowest BCUT2D eigenvalue weighted by atomic mass is 10.1. The van der Waals surface area contributed by atoms with Crippen molar-refractivity contribution in [2.75, 3.05) is 6.61 Å². The summed E-state index contributed by atoms with van der Waals surface area (Å²) in [4.78, 5) is 12.8. The van der Waals surface area contributed by atoms with Crippen LogP contribution in [0.2, 0.25) is 0 Å². The maximum atomic E-state index is 12.8. The maximum Gasteiger partial charge on any atom is 0.233 e. The van der Waals surface area contributed by atoms with Gasteiger partial charge in [0.1, 0.15) is 6.61 Å². The molecule has 8 heteroatoms. The third kappa shape index (κ3) is 5.80. The summed E-state index contributed by atoms with van der Waals surface area (Å²) >= 11 is 1.38. The Hall–Kier alpha value is -3.26. The van der Waals surface area contributed by atoms with Crippen molar-refractivity contribution in [1.82, 2.24) is 20.1 Å². The molecule has 1 aromatic heterocycles. The van der Waals surface area contributed by atoms with E-state index in [0.717, 1.165) is 18.6 Å². The third-order valence-electron chi connectivity index (χ3n) is 5.60. The van der Waals surface area contributed by atoms with Crippen molar-refractivity contribution < 1.29 is 14.3 Å². The largest absolute Gasteiger partial charge is 0.485 e. The summed E-state index contributed by atoms with van der Waals surface area (Å²) in [5.41, 5.74) is 1.27. The minimum atomic E-state index is -0.390. The molecule has 2 heterocycles. The summed E-state index contributed by atoms with van der Waals surface area (Å²) in [6.07, 6.45) is 3.20. The van der Waals surface area contributed by atoms with E-state index in [9.17, 15) is 4.79 Å². The van der Waals surface area contributed by atoms with E-state index in [4.69, 9.17) is 9.47 Å². The first-order valence-corrected chi connectivity index (χ1v) is 12.4. The lowest BCUT2D eigenvalue weighted by molar-refractivity contribution is -0.120. The highest BCUT2D eigenvalue weighted by Crippen LogP contribution is 2.36. The fourth-order valence-electron chi connectivity index (χ4n) is 3.74. The number of aryl methyl sites for hydroxylation is 1. The van der Waals surface area contributed by atoms with Crippen LogP contribution in [0, 0.1) is 0 Å². The molecule has 0 aliphatic carbocycles. The highest BCUT2D eigenvalue weighted by atomic mass is 32.2. The van der Waals surface area contributed by atoms with Crippen LogP contribution >= 0.6 is 11.8 Å². The van der Waals surface area contributed by atoms with Crippen LogP contribution in [0.3, 0.4) is 0 Å². The quantitative estimate of drug-likeness (QED) is 0.339. The number of hydrogen-bond donors (Lipinski definition) is 1. The van der Waals surface area contributed by atoms with Gasteiger partial charge in [0.05, 0.1) is 5.25 Å². The molecule has 0 saturated heterocycles. The Bertz CT molecular complexity index is 1120. The fourth-order valence-corrected chi connectivity index (χ4v) is 4.62. The van der Waals surface area contributed by atoms with Crippen LogP contribution in [0.5, 0.6) is 11.5 Å². The molecule has 0 bridgehead atoms. The first-order valence-electron chi connectivity index (χ1n) is 11.5. The zero-order valence-electron chi connectivity index (χ0n) is 19.5. The Morgan fingerprint density at radius 2 is 1.91 bits per heavy atom. The highest BCUT2D eigenvalue weighted by Gasteiger charge is 2.29. The van der Waals surface area contributed by atoms with E-state index in [0.29, 0.717) is 29.9 Å². The predicted molar refractivity (Wildman–Crippen MR) is 133 cm³/mol. The van der Waals surface area contributed by atoms with E-state index in [1.807, 2.05) is 60.9 Å². The zero-order chi connectivity index (χ0) is 23.9. The van der Waals surface area contributed by atoms with Crippen LogP contribution in [0.4, 0.5) is 0 Å². The van der Waals surface area contributed by atoms with Crippen LogP contribution in [-0.4, -0.2) is 38.6 Å². The van der Waals surface area contributed by atoms with Gasteiger partial charge in [-0.1, -0.05) is 60.3 Å². The lowest BCUT2D eigenvalue weighted by Crippen LogP contribution is -2.38. The second-order valence-electron chi connectivity index (χ2n) is 8.30. The Labute approximate surface area is 204 Å². The number of thioether (sulfide) groups is 1. The second-order valence-corrected chi connectivity index (χ2v) is 9.61. The number of rotatable bonds is 10. The zero-order valence-corrected chi connectivity index (χ0v) is 20.3. The molecule has 0 saturated carbocycles. The average molecular weight is 479 g/mol. The van der Waals surface area contributed by atoms with Crippen LogP contribution < -0.4 is 14.8 Å². The van der Waals surface area contributed by atoms with Gasteiger partial charge in [0, 0.05) is 12.6 Å². The molecule has 0 radical (unpaired) electrons. The van der Waals surface area contributed by atoms with Gasteiger partial charge >= 0.3 is 0 Å². The first-order chi connectivity index (χ1) is 16.5. The molecule has 7 nitrogen and oxygen atoms in total. The number of benzene rings is 2. The summed E-state index contributed by atoms with van der Waals surface area (Å²) in [6, 6.07) is 17.9. The van der Waals surface area contributed by atoms with E-state index >= 15 is 0 Å². The summed E-state index contributed by atoms with van der Waals surface area (Å²) < 4.78 is 13.9. The van der Waals surface area contributed by atoms with E-state index in [1.54, 1.807) is 6.08 Å². The Balaban J connectivity index is 1.37. The van der Waals surface area contributed by atoms with Crippen molar-refractivity contribution in [3.8, 4) is 11.5 Å². The van der Waals surface area contributed by atoms with Crippen molar-refractivity contribution in [2.45, 2.75) is 55.8 Å². The normalized spacial score (nSPS) is 16.5. The summed E-state index contributed by atoms with van der Waals surface area (Å²) in [5.74, 6) is 2.03. The van der Waals surface area contributed by atoms with Gasteiger partial charge in [-0.05, 0) is 44.4 Å². The van der Waals surface area contributed by atoms with Crippen LogP contribution in [0.25, 0.3) is 0 Å². The van der Waals surface area contributed by atoms with E-state index in [-0.39, 0.29) is 23.3 Å². The predicted octanol–water partition coefficient (Wildman–Crippen LogP) is 4.59. The van der Waals surface area contributed by atoms with Gasteiger partial charge in [-0.25, -0.2) is 0 Å². The number of para-hydroxylation sites is 2. The van der Waals surface area contributed by atoms with Crippen molar-refractivity contribution in [3.05, 3.63) is 78.6 Å². The van der Waals surface area contributed by atoms with Gasteiger partial charge in [-0.15, -0.1) is 16.8 Å². The molecule has 3 atom stereocenters. The summed E-state index contributed by atoms with van der Waals surface area (Å²) in [5, 5.41) is 12.2. The number of ether oxygens (including phenoxy) is 2. The standard InChI is InChI=1S/C26H30N4O3S/c1-4-16-30-24(23-17-32-21-12-8-9-13-22(21)33-23)28-29-26(30)34-19(3)25(31)27-18(2)14-15-20-10-6-5-7-11-20/h4-13,18-19,23H,1,14-17H2,2-3H3,(H,27,31). The molecule has 1 aliphatic rings. The molecule has 0 spiro atoms. The fraction of sp³-hybridized carbons (Fsp3) is 0.346. The Morgan fingerprint density at radius 1 is 1.18 bits per heavy atom. The number of carbonyl (C=O) groups is 1. The number of allylic oxidation sites excluding steroid dienone is 1. The molecule has 1 amide bonds. The van der Waals surface area contributed by atoms with Crippen molar-refractivity contribution in [1.29, 1.82) is 0 Å². The number of nitrogens with zero attached hydrogens (tertiary/aromatic N) is 3. The monoisotopic (exact) mass is 478 g/mol. The summed E-state index contributed by atoms with van der Waals surface area (Å²) in [7, 11) is 0. The van der Waals surface area contributed by atoms with Crippen LogP contribution in [0.1, 0.15) is 37.8 Å². The first kappa shape index (κ1) is 23.9. The minimum Gasteiger partial charge on any atom is -0.485 e. The topological polar surface area (TPSA) is 78.3 Å². The number of amides is 1. The van der Waals surface area contributed by atoms with E-state index in [1.165, 1.54) is 17.3 Å².